The maximum Gasteiger partial charge on any atom is 0.161 e. The number of methoxy groups -OCH3 is 2. The molecule has 0 amide bonds. The van der Waals surface area contributed by atoms with Crippen molar-refractivity contribution in [3.05, 3.63) is 46.5 Å². The number of aryl methyl sites for hydroxylation is 1. The van der Waals surface area contributed by atoms with Gasteiger partial charge in [-0.05, 0) is 54.4 Å². The van der Waals surface area contributed by atoms with Crippen molar-refractivity contribution in [2.75, 3.05) is 21.3 Å². The van der Waals surface area contributed by atoms with E-state index in [4.69, 9.17) is 21.1 Å². The van der Waals surface area contributed by atoms with E-state index in [-0.39, 0.29) is 0 Å². The molecule has 0 radical (unpaired) electrons. The maximum absolute atomic E-state index is 6.25. The highest BCUT2D eigenvalue weighted by Crippen LogP contribution is 2.36. The highest BCUT2D eigenvalue weighted by atomic mass is 35.5. The van der Waals surface area contributed by atoms with Gasteiger partial charge < -0.3 is 14.8 Å². The highest BCUT2D eigenvalue weighted by molar-refractivity contribution is 6.31. The van der Waals surface area contributed by atoms with Crippen LogP contribution in [-0.2, 0) is 6.54 Å². The van der Waals surface area contributed by atoms with Crippen LogP contribution in [0.15, 0.2) is 30.3 Å². The van der Waals surface area contributed by atoms with Crippen LogP contribution in [0.5, 0.6) is 11.5 Å². The van der Waals surface area contributed by atoms with Gasteiger partial charge in [-0.2, -0.15) is 0 Å². The lowest BCUT2D eigenvalue weighted by atomic mass is 9.97. The van der Waals surface area contributed by atoms with Crippen molar-refractivity contribution in [1.29, 1.82) is 0 Å². The van der Waals surface area contributed by atoms with Gasteiger partial charge >= 0.3 is 0 Å². The van der Waals surface area contributed by atoms with Crippen molar-refractivity contribution in [1.82, 2.24) is 5.32 Å². The van der Waals surface area contributed by atoms with Crippen molar-refractivity contribution in [2.24, 2.45) is 0 Å². The molecule has 0 aliphatic heterocycles. The average Bonchev–Trinajstić information content (AvgIpc) is 2.50. The molecule has 0 atom stereocenters. The molecule has 0 aliphatic carbocycles. The van der Waals surface area contributed by atoms with Crippen LogP contribution in [0.3, 0.4) is 0 Å². The zero-order valence-corrected chi connectivity index (χ0v) is 13.5. The molecule has 0 aliphatic rings. The molecule has 0 saturated carbocycles. The lowest BCUT2D eigenvalue weighted by Crippen LogP contribution is -2.07. The van der Waals surface area contributed by atoms with Gasteiger partial charge in [-0.15, -0.1) is 0 Å². The molecular weight excluding hydrogens is 286 g/mol. The first kappa shape index (κ1) is 15.7. The number of ether oxygens (including phenoxy) is 2. The number of benzene rings is 2. The van der Waals surface area contributed by atoms with Gasteiger partial charge in [-0.25, -0.2) is 0 Å². The molecular formula is C17H20ClNO2. The van der Waals surface area contributed by atoms with E-state index < -0.39 is 0 Å². The number of nitrogens with one attached hydrogen (secondary N) is 1. The van der Waals surface area contributed by atoms with E-state index in [0.717, 1.165) is 39.6 Å². The molecule has 0 bridgehead atoms. The van der Waals surface area contributed by atoms with E-state index in [0.29, 0.717) is 5.75 Å². The summed E-state index contributed by atoms with van der Waals surface area (Å²) in [6, 6.07) is 10.1. The molecule has 3 nitrogen and oxygen atoms in total. The predicted octanol–water partition coefficient (Wildman–Crippen LogP) is 4.05. The Kier molecular flexibility index (Phi) is 5.10. The smallest absolute Gasteiger partial charge is 0.161 e. The number of halogens is 1. The summed E-state index contributed by atoms with van der Waals surface area (Å²) in [6.45, 7) is 2.73. The SMILES string of the molecule is CNCc1cc(OC)c(OC)cc1-c1ccc(C)c(Cl)c1. The van der Waals surface area contributed by atoms with Gasteiger partial charge in [-0.1, -0.05) is 23.7 Å². The summed E-state index contributed by atoms with van der Waals surface area (Å²) in [5, 5.41) is 3.94. The molecule has 0 saturated heterocycles. The summed E-state index contributed by atoms with van der Waals surface area (Å²) in [6.07, 6.45) is 0. The Bertz CT molecular complexity index is 641. The molecule has 2 aromatic rings. The van der Waals surface area contributed by atoms with Crippen LogP contribution in [0.4, 0.5) is 0 Å². The normalized spacial score (nSPS) is 10.5. The van der Waals surface area contributed by atoms with Crippen LogP contribution in [0.25, 0.3) is 11.1 Å². The Hall–Kier alpha value is -1.71. The topological polar surface area (TPSA) is 30.5 Å². The Morgan fingerprint density at radius 2 is 1.71 bits per heavy atom. The predicted molar refractivity (Wildman–Crippen MR) is 87.5 cm³/mol. The summed E-state index contributed by atoms with van der Waals surface area (Å²) in [5.74, 6) is 1.44. The summed E-state index contributed by atoms with van der Waals surface area (Å²) in [7, 11) is 5.20. The third-order valence-corrected chi connectivity index (χ3v) is 3.87. The van der Waals surface area contributed by atoms with E-state index in [9.17, 15) is 0 Å². The second kappa shape index (κ2) is 6.83. The maximum atomic E-state index is 6.25. The minimum absolute atomic E-state index is 0.712. The van der Waals surface area contributed by atoms with Gasteiger partial charge in [0.15, 0.2) is 11.5 Å². The molecule has 2 rings (SSSR count). The monoisotopic (exact) mass is 305 g/mol. The van der Waals surface area contributed by atoms with Crippen LogP contribution in [-0.4, -0.2) is 21.3 Å². The molecule has 0 fully saturated rings. The highest BCUT2D eigenvalue weighted by Gasteiger charge is 2.13. The summed E-state index contributed by atoms with van der Waals surface area (Å²) in [5.41, 5.74) is 4.35. The molecule has 4 heteroatoms. The minimum Gasteiger partial charge on any atom is -0.493 e. The average molecular weight is 306 g/mol. The molecule has 21 heavy (non-hydrogen) atoms. The third kappa shape index (κ3) is 3.31. The fourth-order valence-electron chi connectivity index (χ4n) is 2.29. The first-order valence-electron chi connectivity index (χ1n) is 6.76. The molecule has 0 heterocycles. The van der Waals surface area contributed by atoms with Crippen LogP contribution in [0.1, 0.15) is 11.1 Å². The standard InChI is InChI=1S/C17H20ClNO2/c1-11-5-6-12(7-15(11)18)14-9-17(21-4)16(20-3)8-13(14)10-19-2/h5-9,19H,10H2,1-4H3. The second-order valence-corrected chi connectivity index (χ2v) is 5.27. The molecule has 0 aromatic heterocycles. The van der Waals surface area contributed by atoms with E-state index in [1.807, 2.05) is 38.2 Å². The second-order valence-electron chi connectivity index (χ2n) is 4.86. The van der Waals surface area contributed by atoms with Gasteiger partial charge in [0, 0.05) is 11.6 Å². The van der Waals surface area contributed by atoms with Gasteiger partial charge in [0.2, 0.25) is 0 Å². The summed E-state index contributed by atoms with van der Waals surface area (Å²) < 4.78 is 10.8. The quantitative estimate of drug-likeness (QED) is 0.904. The molecule has 2 aromatic carbocycles. The number of hydrogen-bond acceptors (Lipinski definition) is 3. The molecule has 0 unspecified atom stereocenters. The van der Waals surface area contributed by atoms with Crippen molar-refractivity contribution in [3.8, 4) is 22.6 Å². The van der Waals surface area contributed by atoms with Crippen LogP contribution < -0.4 is 14.8 Å². The van der Waals surface area contributed by atoms with E-state index in [2.05, 4.69) is 11.4 Å². The van der Waals surface area contributed by atoms with Crippen molar-refractivity contribution in [2.45, 2.75) is 13.5 Å². The van der Waals surface area contributed by atoms with Crippen LogP contribution in [0.2, 0.25) is 5.02 Å². The zero-order valence-electron chi connectivity index (χ0n) is 12.8. The minimum atomic E-state index is 0.712. The molecule has 1 N–H and O–H groups in total. The first-order valence-corrected chi connectivity index (χ1v) is 7.14. The van der Waals surface area contributed by atoms with Gasteiger partial charge in [0.1, 0.15) is 0 Å². The van der Waals surface area contributed by atoms with Gasteiger partial charge in [0.25, 0.3) is 0 Å². The van der Waals surface area contributed by atoms with Crippen LogP contribution >= 0.6 is 11.6 Å². The van der Waals surface area contributed by atoms with Crippen LogP contribution in [0, 0.1) is 6.92 Å². The lowest BCUT2D eigenvalue weighted by Gasteiger charge is -2.15. The first-order chi connectivity index (χ1) is 10.1. The molecule has 112 valence electrons. The van der Waals surface area contributed by atoms with E-state index in [1.165, 1.54) is 0 Å². The van der Waals surface area contributed by atoms with Gasteiger partial charge in [-0.3, -0.25) is 0 Å². The Morgan fingerprint density at radius 1 is 1.05 bits per heavy atom. The zero-order chi connectivity index (χ0) is 15.4. The Balaban J connectivity index is 2.61. The third-order valence-electron chi connectivity index (χ3n) is 3.46. The lowest BCUT2D eigenvalue weighted by molar-refractivity contribution is 0.354. The Morgan fingerprint density at radius 3 is 2.29 bits per heavy atom. The fourth-order valence-corrected chi connectivity index (χ4v) is 2.47. The summed E-state index contributed by atoms with van der Waals surface area (Å²) in [4.78, 5) is 0. The molecule has 0 spiro atoms. The summed E-state index contributed by atoms with van der Waals surface area (Å²) >= 11 is 6.25. The number of hydrogen-bond donors (Lipinski definition) is 1. The van der Waals surface area contributed by atoms with E-state index >= 15 is 0 Å². The Labute approximate surface area is 130 Å². The van der Waals surface area contributed by atoms with E-state index in [1.54, 1.807) is 14.2 Å². The van der Waals surface area contributed by atoms with Crippen molar-refractivity contribution in [3.63, 3.8) is 0 Å². The van der Waals surface area contributed by atoms with Crippen molar-refractivity contribution < 1.29 is 9.47 Å². The van der Waals surface area contributed by atoms with Crippen molar-refractivity contribution >= 4 is 11.6 Å². The largest absolute Gasteiger partial charge is 0.493 e. The van der Waals surface area contributed by atoms with Gasteiger partial charge in [0.05, 0.1) is 14.2 Å². The fraction of sp³-hybridized carbons (Fsp3) is 0.294. The number of rotatable bonds is 5.